The van der Waals surface area contributed by atoms with E-state index < -0.39 is 0 Å². The van der Waals surface area contributed by atoms with Gasteiger partial charge in [0.15, 0.2) is 0 Å². The van der Waals surface area contributed by atoms with E-state index in [1.165, 1.54) is 23.5 Å². The minimum atomic E-state index is -0.221. The van der Waals surface area contributed by atoms with Gasteiger partial charge in [-0.2, -0.15) is 0 Å². The van der Waals surface area contributed by atoms with Crippen molar-refractivity contribution in [2.75, 3.05) is 12.3 Å². The average Bonchev–Trinajstić information content (AvgIpc) is 2.80. The molecule has 2 heterocycles. The Hall–Kier alpha value is -1.66. The van der Waals surface area contributed by atoms with E-state index >= 15 is 0 Å². The number of hydrogen-bond donors (Lipinski definition) is 2. The summed E-state index contributed by atoms with van der Waals surface area (Å²) in [5.41, 5.74) is 8.66. The molecule has 2 aromatic heterocycles. The van der Waals surface area contributed by atoms with E-state index in [1.54, 1.807) is 5.51 Å². The summed E-state index contributed by atoms with van der Waals surface area (Å²) >= 11 is 7.26. The molecule has 18 heavy (non-hydrogen) atoms. The van der Waals surface area contributed by atoms with Gasteiger partial charge in [0.05, 0.1) is 11.2 Å². The van der Waals surface area contributed by atoms with Gasteiger partial charge in [0.2, 0.25) is 0 Å². The van der Waals surface area contributed by atoms with Gasteiger partial charge in [-0.25, -0.2) is 9.97 Å². The number of nitrogens with zero attached hydrogens (tertiary/aromatic N) is 2. The van der Waals surface area contributed by atoms with Crippen molar-refractivity contribution in [1.29, 1.82) is 0 Å². The zero-order valence-corrected chi connectivity index (χ0v) is 11.0. The van der Waals surface area contributed by atoms with Gasteiger partial charge in [0.25, 0.3) is 5.91 Å². The molecule has 0 radical (unpaired) electrons. The van der Waals surface area contributed by atoms with Crippen molar-refractivity contribution >= 4 is 34.7 Å². The van der Waals surface area contributed by atoms with E-state index in [0.717, 1.165) is 5.69 Å². The fourth-order valence-electron chi connectivity index (χ4n) is 1.42. The summed E-state index contributed by atoms with van der Waals surface area (Å²) in [5, 5.41) is 4.94. The Labute approximate surface area is 113 Å². The Morgan fingerprint density at radius 1 is 1.50 bits per heavy atom. The molecule has 0 fully saturated rings. The average molecular weight is 283 g/mol. The number of rotatable bonds is 4. The van der Waals surface area contributed by atoms with Gasteiger partial charge >= 0.3 is 0 Å². The lowest BCUT2D eigenvalue weighted by molar-refractivity contribution is 0.0954. The topological polar surface area (TPSA) is 80.9 Å². The predicted octanol–water partition coefficient (Wildman–Crippen LogP) is 1.75. The first-order valence-corrected chi connectivity index (χ1v) is 6.55. The van der Waals surface area contributed by atoms with E-state index in [2.05, 4.69) is 15.3 Å². The monoisotopic (exact) mass is 282 g/mol. The third-order valence-corrected chi connectivity index (χ3v) is 3.06. The molecule has 0 saturated carbocycles. The number of aromatic nitrogens is 2. The summed E-state index contributed by atoms with van der Waals surface area (Å²) < 4.78 is 0. The number of nitrogen functional groups attached to an aromatic ring is 1. The van der Waals surface area contributed by atoms with Crippen LogP contribution in [0.15, 0.2) is 23.0 Å². The number of thiazole rings is 1. The number of anilines is 1. The zero-order chi connectivity index (χ0) is 13.0. The molecule has 1 amide bonds. The van der Waals surface area contributed by atoms with E-state index in [0.29, 0.717) is 18.5 Å². The second kappa shape index (κ2) is 5.79. The van der Waals surface area contributed by atoms with E-state index in [-0.39, 0.29) is 16.9 Å². The van der Waals surface area contributed by atoms with Crippen molar-refractivity contribution in [2.45, 2.75) is 6.42 Å². The number of pyridine rings is 1. The molecular weight excluding hydrogens is 272 g/mol. The van der Waals surface area contributed by atoms with Crippen LogP contribution in [0.25, 0.3) is 0 Å². The second-order valence-electron chi connectivity index (χ2n) is 3.59. The molecule has 2 rings (SSSR count). The molecule has 3 N–H and O–H groups in total. The first kappa shape index (κ1) is 12.8. The van der Waals surface area contributed by atoms with Crippen LogP contribution in [0.4, 0.5) is 5.82 Å². The summed E-state index contributed by atoms with van der Waals surface area (Å²) in [6.45, 7) is 0.516. The van der Waals surface area contributed by atoms with Crippen molar-refractivity contribution < 1.29 is 4.79 Å². The molecule has 0 saturated heterocycles. The molecule has 0 spiro atoms. The van der Waals surface area contributed by atoms with E-state index in [4.69, 9.17) is 17.3 Å². The van der Waals surface area contributed by atoms with Gasteiger partial charge < -0.3 is 11.1 Å². The standard InChI is InChI=1S/C11H11ClN4OS/c12-9-3-7(4-10(13)16-9)11(17)14-2-1-8-5-18-6-15-8/h3-6H,1-2H2,(H2,13,16)(H,14,17). The number of amides is 1. The van der Waals surface area contributed by atoms with Crippen molar-refractivity contribution in [3.05, 3.63) is 39.4 Å². The highest BCUT2D eigenvalue weighted by Gasteiger charge is 2.07. The third kappa shape index (κ3) is 3.41. The van der Waals surface area contributed by atoms with Crippen molar-refractivity contribution in [1.82, 2.24) is 15.3 Å². The molecule has 0 aromatic carbocycles. The summed E-state index contributed by atoms with van der Waals surface area (Å²) in [6.07, 6.45) is 0.698. The first-order chi connectivity index (χ1) is 8.65. The van der Waals surface area contributed by atoms with Crippen molar-refractivity contribution in [3.8, 4) is 0 Å². The Kier molecular flexibility index (Phi) is 4.11. The van der Waals surface area contributed by atoms with Crippen molar-refractivity contribution in [2.24, 2.45) is 0 Å². The number of hydrogen-bond acceptors (Lipinski definition) is 5. The van der Waals surface area contributed by atoms with Crippen LogP contribution in [0.2, 0.25) is 5.15 Å². The zero-order valence-electron chi connectivity index (χ0n) is 9.39. The molecule has 0 aliphatic rings. The maximum Gasteiger partial charge on any atom is 0.251 e. The van der Waals surface area contributed by atoms with Crippen LogP contribution in [0.5, 0.6) is 0 Å². The Bertz CT molecular complexity index is 524. The Balaban J connectivity index is 1.91. The quantitative estimate of drug-likeness (QED) is 0.837. The lowest BCUT2D eigenvalue weighted by Crippen LogP contribution is -2.26. The third-order valence-electron chi connectivity index (χ3n) is 2.23. The largest absolute Gasteiger partial charge is 0.384 e. The molecule has 94 valence electrons. The van der Waals surface area contributed by atoms with Crippen LogP contribution in [0.3, 0.4) is 0 Å². The SMILES string of the molecule is Nc1cc(C(=O)NCCc2cscn2)cc(Cl)n1. The van der Waals surface area contributed by atoms with Crippen molar-refractivity contribution in [3.63, 3.8) is 0 Å². The van der Waals surface area contributed by atoms with Gasteiger partial charge in [-0.05, 0) is 12.1 Å². The fraction of sp³-hybridized carbons (Fsp3) is 0.182. The molecule has 0 atom stereocenters. The fourth-order valence-corrected chi connectivity index (χ4v) is 2.22. The van der Waals surface area contributed by atoms with Crippen LogP contribution in [-0.4, -0.2) is 22.4 Å². The summed E-state index contributed by atoms with van der Waals surface area (Å²) in [4.78, 5) is 19.7. The molecule has 0 unspecified atom stereocenters. The number of carbonyl (C=O) groups excluding carboxylic acids is 1. The lowest BCUT2D eigenvalue weighted by Gasteiger charge is -2.05. The van der Waals surface area contributed by atoms with Gasteiger partial charge in [-0.15, -0.1) is 11.3 Å². The molecule has 0 aliphatic carbocycles. The summed E-state index contributed by atoms with van der Waals surface area (Å²) in [6, 6.07) is 2.97. The highest BCUT2D eigenvalue weighted by Crippen LogP contribution is 2.12. The van der Waals surface area contributed by atoms with Crippen LogP contribution < -0.4 is 11.1 Å². The van der Waals surface area contributed by atoms with E-state index in [9.17, 15) is 4.79 Å². The van der Waals surface area contributed by atoms with Gasteiger partial charge in [0.1, 0.15) is 11.0 Å². The second-order valence-corrected chi connectivity index (χ2v) is 4.70. The molecule has 0 aliphatic heterocycles. The van der Waals surface area contributed by atoms with Crippen LogP contribution in [0, 0.1) is 0 Å². The predicted molar refractivity (Wildman–Crippen MR) is 71.8 cm³/mol. The molecule has 2 aromatic rings. The normalized spacial score (nSPS) is 10.3. The minimum Gasteiger partial charge on any atom is -0.384 e. The number of halogens is 1. The van der Waals surface area contributed by atoms with Crippen LogP contribution >= 0.6 is 22.9 Å². The Morgan fingerprint density at radius 3 is 3.00 bits per heavy atom. The van der Waals surface area contributed by atoms with Gasteiger partial charge in [0, 0.05) is 23.9 Å². The van der Waals surface area contributed by atoms with E-state index in [1.807, 2.05) is 5.38 Å². The molecule has 0 bridgehead atoms. The maximum absolute atomic E-state index is 11.8. The number of nitrogens with two attached hydrogens (primary N) is 1. The molecular formula is C11H11ClN4OS. The lowest BCUT2D eigenvalue weighted by atomic mass is 10.2. The van der Waals surface area contributed by atoms with Crippen LogP contribution in [-0.2, 0) is 6.42 Å². The maximum atomic E-state index is 11.8. The summed E-state index contributed by atoms with van der Waals surface area (Å²) in [7, 11) is 0. The molecule has 7 heteroatoms. The molecule has 5 nitrogen and oxygen atoms in total. The van der Waals surface area contributed by atoms with Gasteiger partial charge in [-0.1, -0.05) is 11.6 Å². The smallest absolute Gasteiger partial charge is 0.251 e. The summed E-state index contributed by atoms with van der Waals surface area (Å²) in [5.74, 6) is 0.00776. The minimum absolute atomic E-state index is 0.208. The first-order valence-electron chi connectivity index (χ1n) is 5.23. The van der Waals surface area contributed by atoms with Crippen LogP contribution in [0.1, 0.15) is 16.1 Å². The van der Waals surface area contributed by atoms with Gasteiger partial charge in [-0.3, -0.25) is 4.79 Å². The number of nitrogens with one attached hydrogen (secondary N) is 1. The highest BCUT2D eigenvalue weighted by molar-refractivity contribution is 7.07. The number of carbonyl (C=O) groups is 1. The Morgan fingerprint density at radius 2 is 2.33 bits per heavy atom. The highest BCUT2D eigenvalue weighted by atomic mass is 35.5.